The summed E-state index contributed by atoms with van der Waals surface area (Å²) in [7, 11) is 3.58. The monoisotopic (exact) mass is 463 g/mol. The maximum Gasteiger partial charge on any atom is 0.355 e. The Morgan fingerprint density at radius 2 is 1.68 bits per heavy atom. The van der Waals surface area contributed by atoms with Crippen LogP contribution in [0.2, 0.25) is 0 Å². The van der Waals surface area contributed by atoms with E-state index in [0.717, 1.165) is 19.1 Å². The zero-order valence-electron chi connectivity index (χ0n) is 18.6. The van der Waals surface area contributed by atoms with Crippen LogP contribution in [0.1, 0.15) is 21.8 Å². The van der Waals surface area contributed by atoms with Gasteiger partial charge in [0.15, 0.2) is 0 Å². The van der Waals surface area contributed by atoms with E-state index in [1.54, 1.807) is 30.3 Å². The first-order valence-electron chi connectivity index (χ1n) is 9.87. The molecule has 10 nitrogen and oxygen atoms in total. The van der Waals surface area contributed by atoms with Crippen LogP contribution in [0.15, 0.2) is 71.2 Å². The zero-order chi connectivity index (χ0) is 25.0. The minimum absolute atomic E-state index is 0.0244. The molecule has 1 heterocycles. The molecule has 34 heavy (non-hydrogen) atoms. The number of carbonyl (C=O) groups is 3. The molecule has 10 heteroatoms. The number of methoxy groups -OCH3 is 3. The van der Waals surface area contributed by atoms with Crippen molar-refractivity contribution in [2.45, 2.75) is 5.92 Å². The van der Waals surface area contributed by atoms with Gasteiger partial charge in [0, 0.05) is 0 Å². The van der Waals surface area contributed by atoms with E-state index in [2.05, 4.69) is 0 Å². The number of carbonyl (C=O) groups excluding carboxylic acids is 2. The van der Waals surface area contributed by atoms with Crippen LogP contribution in [0.5, 0.6) is 5.75 Å². The van der Waals surface area contributed by atoms with Crippen molar-refractivity contribution in [1.82, 2.24) is 0 Å². The summed E-state index contributed by atoms with van der Waals surface area (Å²) >= 11 is 0. The summed E-state index contributed by atoms with van der Waals surface area (Å²) in [5.74, 6) is -4.15. The smallest absolute Gasteiger partial charge is 0.355 e. The van der Waals surface area contributed by atoms with E-state index < -0.39 is 23.8 Å². The fraction of sp³-hybridized carbons (Fsp3) is 0.167. The van der Waals surface area contributed by atoms with Gasteiger partial charge < -0.3 is 25.1 Å². The summed E-state index contributed by atoms with van der Waals surface area (Å²) in [5, 5.41) is 19.4. The Hall–Kier alpha value is -4.78. The molecule has 174 valence electrons. The zero-order valence-corrected chi connectivity index (χ0v) is 18.6. The van der Waals surface area contributed by atoms with Gasteiger partial charge in [-0.3, -0.25) is 4.90 Å². The number of rotatable bonds is 6. The van der Waals surface area contributed by atoms with E-state index in [1.807, 2.05) is 6.07 Å². The molecule has 0 bridgehead atoms. The molecule has 0 amide bonds. The van der Waals surface area contributed by atoms with Gasteiger partial charge >= 0.3 is 17.9 Å². The molecule has 1 aliphatic heterocycles. The van der Waals surface area contributed by atoms with Crippen LogP contribution >= 0.6 is 0 Å². The SMILES string of the molecule is COC(=O)C1=C(C(=O)OC)N(c2ccc(C(=O)O)cc2OC)C(N)=C(C#N)C1c1ccccc1. The lowest BCUT2D eigenvalue weighted by molar-refractivity contribution is -0.139. The number of aromatic carboxylic acids is 1. The van der Waals surface area contributed by atoms with E-state index in [1.165, 1.54) is 25.3 Å². The molecule has 3 N–H and O–H groups in total. The van der Waals surface area contributed by atoms with E-state index in [-0.39, 0.29) is 39.7 Å². The number of anilines is 1. The second kappa shape index (κ2) is 9.79. The fourth-order valence-electron chi connectivity index (χ4n) is 3.76. The third-order valence-corrected chi connectivity index (χ3v) is 5.28. The number of benzene rings is 2. The molecular formula is C24H21N3O7. The lowest BCUT2D eigenvalue weighted by atomic mass is 9.81. The van der Waals surface area contributed by atoms with Crippen molar-refractivity contribution in [1.29, 1.82) is 5.26 Å². The largest absolute Gasteiger partial charge is 0.495 e. The third kappa shape index (κ3) is 4.02. The van der Waals surface area contributed by atoms with Gasteiger partial charge in [-0.25, -0.2) is 14.4 Å². The average Bonchev–Trinajstić information content (AvgIpc) is 2.87. The van der Waals surface area contributed by atoms with Gasteiger partial charge in [0.05, 0.1) is 55.7 Å². The van der Waals surface area contributed by atoms with Gasteiger partial charge in [0.2, 0.25) is 0 Å². The number of nitrogens with zero attached hydrogens (tertiary/aromatic N) is 2. The molecule has 2 aromatic carbocycles. The summed E-state index contributed by atoms with van der Waals surface area (Å²) in [6.07, 6.45) is 0. The number of hydrogen-bond acceptors (Lipinski definition) is 9. The maximum atomic E-state index is 13.0. The van der Waals surface area contributed by atoms with Crippen LogP contribution < -0.4 is 15.4 Å². The van der Waals surface area contributed by atoms with Gasteiger partial charge in [-0.2, -0.15) is 5.26 Å². The van der Waals surface area contributed by atoms with Gasteiger partial charge in [-0.1, -0.05) is 30.3 Å². The van der Waals surface area contributed by atoms with Crippen LogP contribution in [-0.4, -0.2) is 44.3 Å². The molecule has 2 aromatic rings. The minimum atomic E-state index is -1.20. The molecule has 0 radical (unpaired) electrons. The predicted molar refractivity (Wildman–Crippen MR) is 119 cm³/mol. The van der Waals surface area contributed by atoms with Crippen molar-refractivity contribution in [3.8, 4) is 11.8 Å². The number of carboxylic acids is 1. The predicted octanol–water partition coefficient (Wildman–Crippen LogP) is 2.29. The summed E-state index contributed by atoms with van der Waals surface area (Å²) in [6, 6.07) is 14.5. The molecule has 0 aliphatic carbocycles. The van der Waals surface area contributed by atoms with Crippen molar-refractivity contribution in [3.05, 3.63) is 82.3 Å². The first-order valence-corrected chi connectivity index (χ1v) is 9.87. The highest BCUT2D eigenvalue weighted by atomic mass is 16.5. The molecule has 0 spiro atoms. The normalized spacial score (nSPS) is 15.5. The van der Waals surface area contributed by atoms with Crippen LogP contribution in [0.3, 0.4) is 0 Å². The molecule has 0 aromatic heterocycles. The Labute approximate surface area is 195 Å². The summed E-state index contributed by atoms with van der Waals surface area (Å²) in [6.45, 7) is 0. The number of nitriles is 1. The molecule has 1 aliphatic rings. The number of hydrogen-bond donors (Lipinski definition) is 2. The number of esters is 2. The first-order chi connectivity index (χ1) is 16.3. The van der Waals surface area contributed by atoms with E-state index >= 15 is 0 Å². The van der Waals surface area contributed by atoms with Crippen molar-refractivity contribution >= 4 is 23.6 Å². The Morgan fingerprint density at radius 1 is 1.03 bits per heavy atom. The Bertz CT molecular complexity index is 1260. The van der Waals surface area contributed by atoms with Crippen molar-refractivity contribution in [3.63, 3.8) is 0 Å². The summed E-state index contributed by atoms with van der Waals surface area (Å²) < 4.78 is 15.3. The molecule has 0 fully saturated rings. The fourth-order valence-corrected chi connectivity index (χ4v) is 3.76. The van der Waals surface area contributed by atoms with Crippen LogP contribution in [0.4, 0.5) is 5.69 Å². The summed E-state index contributed by atoms with van der Waals surface area (Å²) in [4.78, 5) is 38.6. The van der Waals surface area contributed by atoms with Crippen molar-refractivity contribution in [2.75, 3.05) is 26.2 Å². The lowest BCUT2D eigenvalue weighted by Gasteiger charge is -2.36. The van der Waals surface area contributed by atoms with Crippen LogP contribution in [-0.2, 0) is 19.1 Å². The molecule has 1 atom stereocenters. The van der Waals surface area contributed by atoms with Crippen molar-refractivity contribution < 1.29 is 33.7 Å². The Kier molecular flexibility index (Phi) is 6.87. The molecule has 0 saturated carbocycles. The second-order valence-corrected chi connectivity index (χ2v) is 7.03. The van der Waals surface area contributed by atoms with Gasteiger partial charge in [-0.05, 0) is 23.8 Å². The van der Waals surface area contributed by atoms with E-state index in [4.69, 9.17) is 19.9 Å². The van der Waals surface area contributed by atoms with E-state index in [9.17, 15) is 24.8 Å². The highest BCUT2D eigenvalue weighted by molar-refractivity contribution is 6.06. The highest BCUT2D eigenvalue weighted by Crippen LogP contribution is 2.45. The topological polar surface area (TPSA) is 152 Å². The molecular weight excluding hydrogens is 442 g/mol. The van der Waals surface area contributed by atoms with E-state index in [0.29, 0.717) is 5.56 Å². The van der Waals surface area contributed by atoms with Crippen LogP contribution in [0.25, 0.3) is 0 Å². The van der Waals surface area contributed by atoms with Gasteiger partial charge in [0.1, 0.15) is 17.3 Å². The number of allylic oxidation sites excluding steroid dienone is 1. The number of carboxylic acid groups (broad SMARTS) is 1. The minimum Gasteiger partial charge on any atom is -0.495 e. The lowest BCUT2D eigenvalue weighted by Crippen LogP contribution is -2.41. The maximum absolute atomic E-state index is 13.0. The standard InChI is InChI=1S/C24H21N3O7/c1-32-17-11-14(22(28)29)9-10-16(17)27-20(24(31)34-3)19(23(30)33-2)18(15(12-25)21(27)26)13-7-5-4-6-8-13/h4-11,18H,26H2,1-3H3,(H,28,29). The quantitative estimate of drug-likeness (QED) is 0.610. The van der Waals surface area contributed by atoms with Crippen molar-refractivity contribution in [2.24, 2.45) is 5.73 Å². The first kappa shape index (κ1) is 23.9. The van der Waals surface area contributed by atoms with Crippen LogP contribution in [0, 0.1) is 11.3 Å². The van der Waals surface area contributed by atoms with Gasteiger partial charge in [-0.15, -0.1) is 0 Å². The molecule has 0 saturated heterocycles. The average molecular weight is 463 g/mol. The molecule has 1 unspecified atom stereocenters. The Morgan fingerprint density at radius 3 is 2.21 bits per heavy atom. The number of ether oxygens (including phenoxy) is 3. The Balaban J connectivity index is 2.44. The highest BCUT2D eigenvalue weighted by Gasteiger charge is 2.43. The summed E-state index contributed by atoms with van der Waals surface area (Å²) in [5.41, 5.74) is 6.49. The third-order valence-electron chi connectivity index (χ3n) is 5.28. The number of nitrogens with two attached hydrogens (primary N) is 1. The van der Waals surface area contributed by atoms with Gasteiger partial charge in [0.25, 0.3) is 0 Å². The second-order valence-electron chi connectivity index (χ2n) is 7.03. The molecule has 3 rings (SSSR count).